The van der Waals surface area contributed by atoms with Crippen LogP contribution in [0.15, 0.2) is 48.5 Å². The highest BCUT2D eigenvalue weighted by atomic mass is 16.6. The van der Waals surface area contributed by atoms with E-state index in [-0.39, 0.29) is 12.5 Å². The van der Waals surface area contributed by atoms with Gasteiger partial charge in [-0.15, -0.1) is 0 Å². The number of amides is 2. The molecule has 0 aromatic heterocycles. The molecule has 1 saturated heterocycles. The minimum absolute atomic E-state index is 0.159. The Labute approximate surface area is 154 Å². The van der Waals surface area contributed by atoms with E-state index in [0.717, 1.165) is 28.8 Å². The molecule has 1 N–H and O–H groups in total. The molecule has 0 bridgehead atoms. The zero-order valence-corrected chi connectivity index (χ0v) is 15.2. The van der Waals surface area contributed by atoms with Crippen molar-refractivity contribution < 1.29 is 14.3 Å². The van der Waals surface area contributed by atoms with E-state index in [1.807, 2.05) is 62.4 Å². The van der Waals surface area contributed by atoms with Crippen LogP contribution < -0.4 is 5.32 Å². The second kappa shape index (κ2) is 8.04. The molecule has 0 saturated carbocycles. The lowest BCUT2D eigenvalue weighted by molar-refractivity contribution is -0.120. The summed E-state index contributed by atoms with van der Waals surface area (Å²) in [5, 5.41) is 2.96. The molecule has 2 aromatic rings. The summed E-state index contributed by atoms with van der Waals surface area (Å²) in [4.78, 5) is 26.7. The SMILES string of the molecule is Cc1cccc(NC(=O)C2CCCN2C(=O)OCc2ccccc2)c1C. The summed E-state index contributed by atoms with van der Waals surface area (Å²) in [6.45, 7) is 4.74. The van der Waals surface area contributed by atoms with Crippen LogP contribution in [0.4, 0.5) is 10.5 Å². The van der Waals surface area contributed by atoms with Crippen molar-refractivity contribution in [3.05, 3.63) is 65.2 Å². The zero-order chi connectivity index (χ0) is 18.5. The first-order valence-corrected chi connectivity index (χ1v) is 8.90. The first-order valence-electron chi connectivity index (χ1n) is 8.90. The number of benzene rings is 2. The van der Waals surface area contributed by atoms with Crippen molar-refractivity contribution >= 4 is 17.7 Å². The van der Waals surface area contributed by atoms with Crippen molar-refractivity contribution in [2.45, 2.75) is 39.3 Å². The van der Waals surface area contributed by atoms with Gasteiger partial charge in [0.1, 0.15) is 12.6 Å². The Morgan fingerprint density at radius 1 is 1.12 bits per heavy atom. The van der Waals surface area contributed by atoms with Gasteiger partial charge in [0.25, 0.3) is 0 Å². The molecule has 3 rings (SSSR count). The molecule has 2 amide bonds. The predicted octanol–water partition coefficient (Wildman–Crippen LogP) is 4.04. The summed E-state index contributed by atoms with van der Waals surface area (Å²) in [6.07, 6.45) is 1.01. The van der Waals surface area contributed by atoms with E-state index in [2.05, 4.69) is 5.32 Å². The highest BCUT2D eigenvalue weighted by Gasteiger charge is 2.35. The zero-order valence-electron chi connectivity index (χ0n) is 15.2. The third-order valence-electron chi connectivity index (χ3n) is 4.86. The number of carbonyl (C=O) groups is 2. The van der Waals surface area contributed by atoms with Gasteiger partial charge in [-0.3, -0.25) is 9.69 Å². The fourth-order valence-corrected chi connectivity index (χ4v) is 3.16. The molecule has 0 spiro atoms. The van der Waals surface area contributed by atoms with Crippen LogP contribution in [-0.2, 0) is 16.1 Å². The van der Waals surface area contributed by atoms with Crippen molar-refractivity contribution in [2.24, 2.45) is 0 Å². The van der Waals surface area contributed by atoms with E-state index in [1.165, 1.54) is 4.90 Å². The number of rotatable bonds is 4. The van der Waals surface area contributed by atoms with Crippen LogP contribution in [-0.4, -0.2) is 29.5 Å². The van der Waals surface area contributed by atoms with Crippen LogP contribution in [0.25, 0.3) is 0 Å². The summed E-state index contributed by atoms with van der Waals surface area (Å²) in [5.74, 6) is -0.159. The Kier molecular flexibility index (Phi) is 5.56. The Balaban J connectivity index is 1.62. The van der Waals surface area contributed by atoms with E-state index >= 15 is 0 Å². The Hall–Kier alpha value is -2.82. The van der Waals surface area contributed by atoms with Crippen molar-refractivity contribution in [2.75, 3.05) is 11.9 Å². The molecular formula is C21H24N2O3. The second-order valence-corrected chi connectivity index (χ2v) is 6.63. The molecule has 1 unspecified atom stereocenters. The third kappa shape index (κ3) is 4.04. The largest absolute Gasteiger partial charge is 0.445 e. The summed E-state index contributed by atoms with van der Waals surface area (Å²) in [7, 11) is 0. The van der Waals surface area contributed by atoms with Crippen LogP contribution in [0.1, 0.15) is 29.5 Å². The molecule has 5 nitrogen and oxygen atoms in total. The van der Waals surface area contributed by atoms with Gasteiger partial charge in [-0.1, -0.05) is 42.5 Å². The van der Waals surface area contributed by atoms with Gasteiger partial charge in [-0.2, -0.15) is 0 Å². The fraction of sp³-hybridized carbons (Fsp3) is 0.333. The van der Waals surface area contributed by atoms with Gasteiger partial charge in [0.05, 0.1) is 0 Å². The number of hydrogen-bond donors (Lipinski definition) is 1. The van der Waals surface area contributed by atoms with Crippen LogP contribution >= 0.6 is 0 Å². The Morgan fingerprint density at radius 2 is 1.88 bits per heavy atom. The van der Waals surface area contributed by atoms with E-state index in [9.17, 15) is 9.59 Å². The number of aryl methyl sites for hydroxylation is 1. The minimum atomic E-state index is -0.488. The molecule has 2 aromatic carbocycles. The minimum Gasteiger partial charge on any atom is -0.445 e. The number of hydrogen-bond acceptors (Lipinski definition) is 3. The number of nitrogens with one attached hydrogen (secondary N) is 1. The monoisotopic (exact) mass is 352 g/mol. The molecule has 0 radical (unpaired) electrons. The number of likely N-dealkylation sites (tertiary alicyclic amines) is 1. The van der Waals surface area contributed by atoms with Gasteiger partial charge in [-0.05, 0) is 49.4 Å². The number of carbonyl (C=O) groups excluding carboxylic acids is 2. The number of anilines is 1. The first-order chi connectivity index (χ1) is 12.6. The van der Waals surface area contributed by atoms with Gasteiger partial charge in [0.15, 0.2) is 0 Å². The van der Waals surface area contributed by atoms with E-state index in [1.54, 1.807) is 0 Å². The Morgan fingerprint density at radius 3 is 2.65 bits per heavy atom. The maximum absolute atomic E-state index is 12.7. The normalized spacial score (nSPS) is 16.4. The van der Waals surface area contributed by atoms with Gasteiger partial charge in [0, 0.05) is 12.2 Å². The molecule has 0 aliphatic carbocycles. The maximum atomic E-state index is 12.7. The molecule has 5 heteroatoms. The molecule has 26 heavy (non-hydrogen) atoms. The van der Waals surface area contributed by atoms with Crippen molar-refractivity contribution in [1.29, 1.82) is 0 Å². The van der Waals surface area contributed by atoms with Crippen molar-refractivity contribution in [1.82, 2.24) is 4.90 Å². The molecule has 1 atom stereocenters. The quantitative estimate of drug-likeness (QED) is 0.903. The second-order valence-electron chi connectivity index (χ2n) is 6.63. The number of nitrogens with zero attached hydrogens (tertiary/aromatic N) is 1. The Bertz CT molecular complexity index is 789. The summed E-state index contributed by atoms with van der Waals surface area (Å²) < 4.78 is 5.39. The first kappa shape index (κ1) is 18.0. The average Bonchev–Trinajstić information content (AvgIpc) is 3.14. The third-order valence-corrected chi connectivity index (χ3v) is 4.86. The molecule has 136 valence electrons. The number of ether oxygens (including phenoxy) is 1. The fourth-order valence-electron chi connectivity index (χ4n) is 3.16. The predicted molar refractivity (Wildman–Crippen MR) is 101 cm³/mol. The highest BCUT2D eigenvalue weighted by molar-refractivity contribution is 5.97. The van der Waals surface area contributed by atoms with Gasteiger partial charge >= 0.3 is 6.09 Å². The van der Waals surface area contributed by atoms with Crippen molar-refractivity contribution in [3.8, 4) is 0 Å². The molecule has 1 heterocycles. The highest BCUT2D eigenvalue weighted by Crippen LogP contribution is 2.23. The van der Waals surface area contributed by atoms with E-state index < -0.39 is 12.1 Å². The lowest BCUT2D eigenvalue weighted by Crippen LogP contribution is -2.43. The molecule has 1 aliphatic rings. The lowest BCUT2D eigenvalue weighted by Gasteiger charge is -2.24. The van der Waals surface area contributed by atoms with Gasteiger partial charge < -0.3 is 10.1 Å². The molecule has 1 fully saturated rings. The maximum Gasteiger partial charge on any atom is 0.410 e. The van der Waals surface area contributed by atoms with E-state index in [0.29, 0.717) is 13.0 Å². The summed E-state index contributed by atoms with van der Waals surface area (Å²) in [6, 6.07) is 14.8. The topological polar surface area (TPSA) is 58.6 Å². The molecule has 1 aliphatic heterocycles. The molecular weight excluding hydrogens is 328 g/mol. The lowest BCUT2D eigenvalue weighted by atomic mass is 10.1. The van der Waals surface area contributed by atoms with Crippen LogP contribution in [0.3, 0.4) is 0 Å². The average molecular weight is 352 g/mol. The van der Waals surface area contributed by atoms with Crippen LogP contribution in [0, 0.1) is 13.8 Å². The van der Waals surface area contributed by atoms with Gasteiger partial charge in [-0.25, -0.2) is 4.79 Å². The smallest absolute Gasteiger partial charge is 0.410 e. The van der Waals surface area contributed by atoms with E-state index in [4.69, 9.17) is 4.74 Å². The standard InChI is InChI=1S/C21H24N2O3/c1-15-8-6-11-18(16(15)2)22-20(24)19-12-7-13-23(19)21(25)26-14-17-9-4-3-5-10-17/h3-6,8-11,19H,7,12-14H2,1-2H3,(H,22,24). The van der Waals surface area contributed by atoms with Gasteiger partial charge in [0.2, 0.25) is 5.91 Å². The summed E-state index contributed by atoms with van der Waals surface area (Å²) >= 11 is 0. The summed E-state index contributed by atoms with van der Waals surface area (Å²) in [5.41, 5.74) is 3.88. The van der Waals surface area contributed by atoms with Crippen molar-refractivity contribution in [3.63, 3.8) is 0 Å². The van der Waals surface area contributed by atoms with Crippen LogP contribution in [0.2, 0.25) is 0 Å². The van der Waals surface area contributed by atoms with Crippen LogP contribution in [0.5, 0.6) is 0 Å².